The van der Waals surface area contributed by atoms with E-state index in [1.165, 1.54) is 0 Å². The SMILES string of the molecule is CC(=O)N(C/C=C/C#CC(C)(C)C)c1cccc2c1CCC(=O)N2. The topological polar surface area (TPSA) is 49.4 Å². The maximum absolute atomic E-state index is 12.1. The largest absolute Gasteiger partial charge is 0.326 e. The summed E-state index contributed by atoms with van der Waals surface area (Å²) >= 11 is 0. The van der Waals surface area contributed by atoms with Crippen molar-refractivity contribution in [3.05, 3.63) is 35.9 Å². The van der Waals surface area contributed by atoms with E-state index in [2.05, 4.69) is 37.9 Å². The van der Waals surface area contributed by atoms with E-state index in [1.807, 2.05) is 24.3 Å². The van der Waals surface area contributed by atoms with E-state index in [1.54, 1.807) is 17.9 Å². The van der Waals surface area contributed by atoms with Crippen LogP contribution in [0.1, 0.15) is 39.7 Å². The number of hydrogen-bond acceptors (Lipinski definition) is 2. The van der Waals surface area contributed by atoms with E-state index >= 15 is 0 Å². The Morgan fingerprint density at radius 3 is 2.75 bits per heavy atom. The quantitative estimate of drug-likeness (QED) is 0.865. The Balaban J connectivity index is 2.21. The summed E-state index contributed by atoms with van der Waals surface area (Å²) in [6.45, 7) is 8.18. The van der Waals surface area contributed by atoms with Gasteiger partial charge in [-0.05, 0) is 51.0 Å². The lowest BCUT2D eigenvalue weighted by Gasteiger charge is -2.26. The van der Waals surface area contributed by atoms with E-state index in [4.69, 9.17) is 0 Å². The van der Waals surface area contributed by atoms with Crippen LogP contribution in [0.15, 0.2) is 30.4 Å². The summed E-state index contributed by atoms with van der Waals surface area (Å²) < 4.78 is 0. The van der Waals surface area contributed by atoms with Gasteiger partial charge in [-0.25, -0.2) is 0 Å². The van der Waals surface area contributed by atoms with Crippen LogP contribution >= 0.6 is 0 Å². The van der Waals surface area contributed by atoms with Crippen molar-refractivity contribution in [2.75, 3.05) is 16.8 Å². The summed E-state index contributed by atoms with van der Waals surface area (Å²) in [5.41, 5.74) is 2.63. The Labute approximate surface area is 143 Å². The maximum atomic E-state index is 12.1. The highest BCUT2D eigenvalue weighted by atomic mass is 16.2. The molecule has 0 fully saturated rings. The molecule has 1 heterocycles. The van der Waals surface area contributed by atoms with Crippen molar-refractivity contribution in [2.24, 2.45) is 5.41 Å². The van der Waals surface area contributed by atoms with Gasteiger partial charge in [-0.15, -0.1) is 0 Å². The van der Waals surface area contributed by atoms with Crippen molar-refractivity contribution in [3.63, 3.8) is 0 Å². The molecule has 0 saturated heterocycles. The second kappa shape index (κ2) is 7.35. The zero-order valence-corrected chi connectivity index (χ0v) is 14.8. The van der Waals surface area contributed by atoms with Crippen LogP contribution in [0.5, 0.6) is 0 Å². The van der Waals surface area contributed by atoms with Gasteiger partial charge in [0.25, 0.3) is 0 Å². The Kier molecular flexibility index (Phi) is 5.46. The zero-order chi connectivity index (χ0) is 17.7. The van der Waals surface area contributed by atoms with Gasteiger partial charge in [0, 0.05) is 36.7 Å². The average molecular weight is 324 g/mol. The summed E-state index contributed by atoms with van der Waals surface area (Å²) in [6, 6.07) is 5.66. The molecule has 24 heavy (non-hydrogen) atoms. The number of amides is 2. The molecule has 1 aliphatic rings. The molecule has 1 aromatic rings. The van der Waals surface area contributed by atoms with Gasteiger partial charge in [-0.3, -0.25) is 9.59 Å². The van der Waals surface area contributed by atoms with Gasteiger partial charge in [0.05, 0.1) is 0 Å². The minimum absolute atomic E-state index is 0.0198. The fourth-order valence-electron chi connectivity index (χ4n) is 2.53. The number of carbonyl (C=O) groups is 2. The predicted molar refractivity (Wildman–Crippen MR) is 97.8 cm³/mol. The molecule has 126 valence electrons. The first-order valence-corrected chi connectivity index (χ1v) is 8.15. The first-order chi connectivity index (χ1) is 11.3. The lowest BCUT2D eigenvalue weighted by atomic mass is 9.98. The number of fused-ring (bicyclic) bond motifs is 1. The highest BCUT2D eigenvalue weighted by Crippen LogP contribution is 2.32. The summed E-state index contributed by atoms with van der Waals surface area (Å²) in [6.07, 6.45) is 4.77. The molecule has 0 bridgehead atoms. The number of rotatable bonds is 3. The molecular formula is C20H24N2O2. The van der Waals surface area contributed by atoms with E-state index in [0.29, 0.717) is 19.4 Å². The van der Waals surface area contributed by atoms with Gasteiger partial charge >= 0.3 is 0 Å². The van der Waals surface area contributed by atoms with Gasteiger partial charge in [0.15, 0.2) is 0 Å². The monoisotopic (exact) mass is 324 g/mol. The third-order valence-electron chi connectivity index (χ3n) is 3.63. The third kappa shape index (κ3) is 4.73. The summed E-state index contributed by atoms with van der Waals surface area (Å²) in [4.78, 5) is 25.3. The van der Waals surface area contributed by atoms with E-state index in [9.17, 15) is 9.59 Å². The molecular weight excluding hydrogens is 300 g/mol. The molecule has 0 aromatic heterocycles. The minimum atomic E-state index is -0.0404. The Hall–Kier alpha value is -2.54. The fraction of sp³-hybridized carbons (Fsp3) is 0.400. The standard InChI is InChI=1S/C20H24N2O2/c1-15(23)22(14-7-5-6-13-20(2,3)4)18-10-8-9-17-16(18)11-12-19(24)21-17/h5,7-10H,11-12,14H2,1-4H3,(H,21,24)/b7-5+. The second-order valence-corrected chi connectivity index (χ2v) is 6.90. The molecule has 2 amide bonds. The molecule has 0 atom stereocenters. The Bertz CT molecular complexity index is 730. The normalized spacial score (nSPS) is 13.8. The molecule has 4 heteroatoms. The number of hydrogen-bond donors (Lipinski definition) is 1. The van der Waals surface area contributed by atoms with Gasteiger partial charge in [-0.2, -0.15) is 0 Å². The molecule has 0 unspecified atom stereocenters. The number of anilines is 2. The number of carbonyl (C=O) groups excluding carboxylic acids is 2. The van der Waals surface area contributed by atoms with Gasteiger partial charge < -0.3 is 10.2 Å². The highest BCUT2D eigenvalue weighted by molar-refractivity contribution is 5.98. The van der Waals surface area contributed by atoms with Crippen LogP contribution in [0.25, 0.3) is 0 Å². The van der Waals surface area contributed by atoms with Crippen LogP contribution in [0.4, 0.5) is 11.4 Å². The fourth-order valence-corrected chi connectivity index (χ4v) is 2.53. The van der Waals surface area contributed by atoms with E-state index in [-0.39, 0.29) is 17.2 Å². The second-order valence-electron chi connectivity index (χ2n) is 6.90. The minimum Gasteiger partial charge on any atom is -0.326 e. The number of allylic oxidation sites excluding steroid dienone is 1. The maximum Gasteiger partial charge on any atom is 0.224 e. The molecule has 0 aliphatic carbocycles. The molecule has 2 rings (SSSR count). The highest BCUT2D eigenvalue weighted by Gasteiger charge is 2.21. The van der Waals surface area contributed by atoms with Gasteiger partial charge in [0.1, 0.15) is 0 Å². The molecule has 1 N–H and O–H groups in total. The van der Waals surface area contributed by atoms with Crippen molar-refractivity contribution >= 4 is 23.2 Å². The Morgan fingerprint density at radius 2 is 2.08 bits per heavy atom. The van der Waals surface area contributed by atoms with Crippen LogP contribution in [-0.2, 0) is 16.0 Å². The summed E-state index contributed by atoms with van der Waals surface area (Å²) in [5, 5.41) is 2.87. The Morgan fingerprint density at radius 1 is 1.33 bits per heavy atom. The molecule has 0 spiro atoms. The van der Waals surface area contributed by atoms with Crippen molar-refractivity contribution in [1.82, 2.24) is 0 Å². The van der Waals surface area contributed by atoms with Crippen molar-refractivity contribution in [2.45, 2.75) is 40.5 Å². The van der Waals surface area contributed by atoms with E-state index < -0.39 is 0 Å². The van der Waals surface area contributed by atoms with Crippen LogP contribution in [-0.4, -0.2) is 18.4 Å². The van der Waals surface area contributed by atoms with Crippen LogP contribution < -0.4 is 10.2 Å². The first kappa shape index (κ1) is 17.8. The smallest absolute Gasteiger partial charge is 0.224 e. The molecule has 4 nitrogen and oxygen atoms in total. The number of benzene rings is 1. The van der Waals surface area contributed by atoms with Crippen LogP contribution in [0.3, 0.4) is 0 Å². The van der Waals surface area contributed by atoms with Crippen molar-refractivity contribution in [3.8, 4) is 11.8 Å². The van der Waals surface area contributed by atoms with Gasteiger partial charge in [0.2, 0.25) is 11.8 Å². The predicted octanol–water partition coefficient (Wildman–Crippen LogP) is 3.53. The van der Waals surface area contributed by atoms with Crippen LogP contribution in [0, 0.1) is 17.3 Å². The molecule has 1 aliphatic heterocycles. The van der Waals surface area contributed by atoms with Crippen molar-refractivity contribution < 1.29 is 9.59 Å². The lowest BCUT2D eigenvalue weighted by molar-refractivity contribution is -0.117. The van der Waals surface area contributed by atoms with Crippen molar-refractivity contribution in [1.29, 1.82) is 0 Å². The first-order valence-electron chi connectivity index (χ1n) is 8.15. The average Bonchev–Trinajstić information content (AvgIpc) is 2.48. The molecule has 0 saturated carbocycles. The van der Waals surface area contributed by atoms with Gasteiger partial charge in [-0.1, -0.05) is 24.0 Å². The molecule has 1 aromatic carbocycles. The summed E-state index contributed by atoms with van der Waals surface area (Å²) in [5.74, 6) is 6.13. The number of nitrogens with one attached hydrogen (secondary N) is 1. The van der Waals surface area contributed by atoms with Crippen LogP contribution in [0.2, 0.25) is 0 Å². The zero-order valence-electron chi connectivity index (χ0n) is 14.8. The lowest BCUT2D eigenvalue weighted by Crippen LogP contribution is -2.31. The third-order valence-corrected chi connectivity index (χ3v) is 3.63. The van der Waals surface area contributed by atoms with E-state index in [0.717, 1.165) is 16.9 Å². The molecule has 0 radical (unpaired) electrons. The summed E-state index contributed by atoms with van der Waals surface area (Å²) in [7, 11) is 0. The number of nitrogens with zero attached hydrogens (tertiary/aromatic N) is 1.